The van der Waals surface area contributed by atoms with Crippen molar-refractivity contribution in [3.05, 3.63) is 63.4 Å². The van der Waals surface area contributed by atoms with E-state index >= 15 is 4.39 Å². The number of carbonyl (C=O) groups is 2. The van der Waals surface area contributed by atoms with Gasteiger partial charge in [0.1, 0.15) is 5.82 Å². The summed E-state index contributed by atoms with van der Waals surface area (Å²) in [6.07, 6.45) is 0.610. The summed E-state index contributed by atoms with van der Waals surface area (Å²) in [5, 5.41) is 25.5. The lowest BCUT2D eigenvalue weighted by atomic mass is 9.77. The molecule has 180 valence electrons. The summed E-state index contributed by atoms with van der Waals surface area (Å²) in [6.45, 7) is 9.49. The molecular weight excluding hydrogens is 457 g/mol. The third-order valence-corrected chi connectivity index (χ3v) is 6.53. The van der Waals surface area contributed by atoms with Crippen molar-refractivity contribution >= 4 is 29.2 Å². The summed E-state index contributed by atoms with van der Waals surface area (Å²) < 4.78 is 15.1. The molecule has 2 aromatic carbocycles. The van der Waals surface area contributed by atoms with Crippen molar-refractivity contribution in [1.82, 2.24) is 5.32 Å². The van der Waals surface area contributed by atoms with Gasteiger partial charge in [-0.25, -0.2) is 9.18 Å². The lowest BCUT2D eigenvalue weighted by molar-refractivity contribution is -0.118. The van der Waals surface area contributed by atoms with Crippen LogP contribution in [-0.4, -0.2) is 29.1 Å². The predicted molar refractivity (Wildman–Crippen MR) is 130 cm³/mol. The number of carboxylic acid groups (broad SMARTS) is 1. The fourth-order valence-electron chi connectivity index (χ4n) is 4.69. The van der Waals surface area contributed by atoms with Crippen molar-refractivity contribution in [2.24, 2.45) is 11.3 Å². The number of nitriles is 1. The molecule has 2 aromatic rings. The Kier molecular flexibility index (Phi) is 7.35. The quantitative estimate of drug-likeness (QED) is 0.523. The van der Waals surface area contributed by atoms with Crippen molar-refractivity contribution in [2.75, 3.05) is 5.32 Å². The summed E-state index contributed by atoms with van der Waals surface area (Å²) in [7, 11) is 0. The number of carboxylic acids is 1. The molecular formula is C26H29ClFN3O3. The van der Waals surface area contributed by atoms with E-state index in [2.05, 4.69) is 16.7 Å². The average molecular weight is 486 g/mol. The Balaban J connectivity index is 2.02. The van der Waals surface area contributed by atoms with E-state index in [-0.39, 0.29) is 27.6 Å². The zero-order valence-corrected chi connectivity index (χ0v) is 20.6. The third-order valence-electron chi connectivity index (χ3n) is 6.24. The highest BCUT2D eigenvalue weighted by molar-refractivity contribution is 6.30. The van der Waals surface area contributed by atoms with E-state index in [0.29, 0.717) is 23.2 Å². The number of rotatable bonds is 5. The molecule has 0 spiro atoms. The van der Waals surface area contributed by atoms with E-state index in [1.54, 1.807) is 32.0 Å². The molecule has 0 aromatic heterocycles. The minimum atomic E-state index is -1.05. The third kappa shape index (κ3) is 5.24. The molecule has 3 rings (SSSR count). The Morgan fingerprint density at radius 1 is 1.24 bits per heavy atom. The highest BCUT2D eigenvalue weighted by Gasteiger charge is 2.49. The molecule has 1 fully saturated rings. The van der Waals surface area contributed by atoms with Crippen molar-refractivity contribution in [2.45, 2.75) is 59.0 Å². The number of nitrogens with one attached hydrogen (secondary N) is 2. The first-order valence-corrected chi connectivity index (χ1v) is 11.5. The van der Waals surface area contributed by atoms with Gasteiger partial charge in [-0.2, -0.15) is 5.26 Å². The first-order chi connectivity index (χ1) is 15.8. The monoisotopic (exact) mass is 485 g/mol. The van der Waals surface area contributed by atoms with Crippen LogP contribution in [0.25, 0.3) is 0 Å². The number of hydrogen-bond donors (Lipinski definition) is 3. The van der Waals surface area contributed by atoms with Crippen LogP contribution in [-0.2, 0) is 4.79 Å². The molecule has 1 heterocycles. The number of carbonyl (C=O) groups excluding carboxylic acids is 1. The minimum Gasteiger partial charge on any atom is -0.478 e. The first kappa shape index (κ1) is 25.7. The lowest BCUT2D eigenvalue weighted by Gasteiger charge is -2.25. The molecule has 1 aliphatic heterocycles. The molecule has 0 saturated carbocycles. The Morgan fingerprint density at radius 2 is 1.91 bits per heavy atom. The van der Waals surface area contributed by atoms with Crippen molar-refractivity contribution < 1.29 is 19.1 Å². The standard InChI is InChI=1S/C26H29ClFN3O3/c1-13-10-19(14(2)9-16(13)25(33)34)31-24(32)23-21(15-7-6-8-18(27)22(15)28)17(12-29)20(30-23)11-26(3,4)5/h6-10,17,20-21,23,30H,11H2,1-5H3,(H,31,32)(H,33,34)/t17?,20?,21?,23-/m1/s1. The Bertz CT molecular complexity index is 1170. The van der Waals surface area contributed by atoms with E-state index in [1.807, 2.05) is 20.8 Å². The van der Waals surface area contributed by atoms with Gasteiger partial charge in [-0.05, 0) is 60.6 Å². The van der Waals surface area contributed by atoms with Gasteiger partial charge in [0.15, 0.2) is 0 Å². The van der Waals surface area contributed by atoms with Gasteiger partial charge >= 0.3 is 5.97 Å². The zero-order chi connectivity index (χ0) is 25.4. The number of benzene rings is 2. The molecule has 0 bridgehead atoms. The zero-order valence-electron chi connectivity index (χ0n) is 19.9. The molecule has 3 N–H and O–H groups in total. The lowest BCUT2D eigenvalue weighted by Crippen LogP contribution is -2.42. The van der Waals surface area contributed by atoms with Crippen molar-refractivity contribution in [3.8, 4) is 6.07 Å². The fourth-order valence-corrected chi connectivity index (χ4v) is 4.87. The summed E-state index contributed by atoms with van der Waals surface area (Å²) >= 11 is 6.03. The van der Waals surface area contributed by atoms with Gasteiger partial charge in [0, 0.05) is 17.6 Å². The van der Waals surface area contributed by atoms with Crippen LogP contribution in [0.1, 0.15) is 60.2 Å². The van der Waals surface area contributed by atoms with Crippen LogP contribution in [0.5, 0.6) is 0 Å². The molecule has 8 heteroatoms. The van der Waals surface area contributed by atoms with E-state index in [9.17, 15) is 20.0 Å². The molecule has 3 unspecified atom stereocenters. The van der Waals surface area contributed by atoms with Crippen LogP contribution in [0.4, 0.5) is 10.1 Å². The maximum Gasteiger partial charge on any atom is 0.335 e. The number of hydrogen-bond acceptors (Lipinski definition) is 4. The van der Waals surface area contributed by atoms with E-state index in [1.165, 1.54) is 12.1 Å². The van der Waals surface area contributed by atoms with Crippen LogP contribution >= 0.6 is 11.6 Å². The van der Waals surface area contributed by atoms with Gasteiger partial charge in [0.05, 0.1) is 28.6 Å². The normalized spacial score (nSPS) is 22.3. The van der Waals surface area contributed by atoms with E-state index in [4.69, 9.17) is 11.6 Å². The number of amides is 1. The molecule has 1 amide bonds. The van der Waals surface area contributed by atoms with Gasteiger partial charge < -0.3 is 15.7 Å². The van der Waals surface area contributed by atoms with Crippen LogP contribution in [0.2, 0.25) is 5.02 Å². The second kappa shape index (κ2) is 9.73. The Labute approximate surface area is 204 Å². The first-order valence-electron chi connectivity index (χ1n) is 11.1. The molecule has 1 aliphatic rings. The van der Waals surface area contributed by atoms with Crippen LogP contribution in [0.3, 0.4) is 0 Å². The number of anilines is 1. The van der Waals surface area contributed by atoms with Gasteiger partial charge in [-0.15, -0.1) is 0 Å². The predicted octanol–water partition coefficient (Wildman–Crippen LogP) is 5.43. The highest BCUT2D eigenvalue weighted by atomic mass is 35.5. The maximum atomic E-state index is 15.1. The largest absolute Gasteiger partial charge is 0.478 e. The summed E-state index contributed by atoms with van der Waals surface area (Å²) in [5.74, 6) is -3.51. The number of halogens is 2. The second-order valence-electron chi connectivity index (χ2n) is 10.1. The molecule has 6 nitrogen and oxygen atoms in total. The summed E-state index contributed by atoms with van der Waals surface area (Å²) in [6, 6.07) is 8.80. The van der Waals surface area contributed by atoms with Gasteiger partial charge in [0.2, 0.25) is 5.91 Å². The molecule has 4 atom stereocenters. The maximum absolute atomic E-state index is 15.1. The van der Waals surface area contributed by atoms with Gasteiger partial charge in [-0.1, -0.05) is 44.5 Å². The Hall–Kier alpha value is -2.95. The average Bonchev–Trinajstić information content (AvgIpc) is 3.08. The molecule has 34 heavy (non-hydrogen) atoms. The summed E-state index contributed by atoms with van der Waals surface area (Å²) in [5.41, 5.74) is 1.80. The van der Waals surface area contributed by atoms with Crippen LogP contribution in [0, 0.1) is 42.3 Å². The van der Waals surface area contributed by atoms with Crippen molar-refractivity contribution in [3.63, 3.8) is 0 Å². The molecule has 0 aliphatic carbocycles. The number of nitrogens with zero attached hydrogens (tertiary/aromatic N) is 1. The molecule has 1 saturated heterocycles. The SMILES string of the molecule is Cc1cc(C(=O)O)c(C)cc1NC(=O)[C@@H]1NC(CC(C)(C)C)C(C#N)C1c1cccc(Cl)c1F. The topological polar surface area (TPSA) is 102 Å². The van der Waals surface area contributed by atoms with E-state index < -0.39 is 35.6 Å². The number of aryl methyl sites for hydroxylation is 2. The Morgan fingerprint density at radius 3 is 2.50 bits per heavy atom. The van der Waals surface area contributed by atoms with E-state index in [0.717, 1.165) is 0 Å². The van der Waals surface area contributed by atoms with Crippen molar-refractivity contribution in [1.29, 1.82) is 5.26 Å². The number of aromatic carboxylic acids is 1. The van der Waals surface area contributed by atoms with Crippen LogP contribution < -0.4 is 10.6 Å². The van der Waals surface area contributed by atoms with Crippen LogP contribution in [0.15, 0.2) is 30.3 Å². The second-order valence-corrected chi connectivity index (χ2v) is 10.5. The summed E-state index contributed by atoms with van der Waals surface area (Å²) in [4.78, 5) is 24.9. The highest BCUT2D eigenvalue weighted by Crippen LogP contribution is 2.42. The smallest absolute Gasteiger partial charge is 0.335 e. The minimum absolute atomic E-state index is 0.0663. The van der Waals surface area contributed by atoms with Gasteiger partial charge in [0.25, 0.3) is 0 Å². The molecule has 0 radical (unpaired) electrons. The van der Waals surface area contributed by atoms with Gasteiger partial charge in [-0.3, -0.25) is 4.79 Å². The fraction of sp³-hybridized carbons (Fsp3) is 0.423.